The Morgan fingerprint density at radius 2 is 1.30 bits per heavy atom. The van der Waals surface area contributed by atoms with Gasteiger partial charge in [0.2, 0.25) is 17.8 Å². The third kappa shape index (κ3) is 10.2. The molecule has 1 aliphatic rings. The minimum Gasteiger partial charge on any atom is -0.383 e. The fourth-order valence-corrected chi connectivity index (χ4v) is 6.67. The highest BCUT2D eigenvalue weighted by atomic mass is 32.2. The lowest BCUT2D eigenvalue weighted by atomic mass is 10.2. The SMILES string of the molecule is COCCN(CCOC)c1nc(N2CCN(c3ncn(C)n3)CC2)c2nc(N(CCOC)CCOC)nc(N(C)Cc3cccc(S(C)(=O)=O)c3)c2n1. The van der Waals surface area contributed by atoms with Crippen molar-refractivity contribution in [2.75, 3.05) is 145 Å². The summed E-state index contributed by atoms with van der Waals surface area (Å²) in [5, 5.41) is 4.51. The normalized spacial score (nSPS) is 13.6. The number of aromatic nitrogens is 7. The first-order valence-electron chi connectivity index (χ1n) is 17.5. The molecule has 4 heterocycles. The minimum atomic E-state index is -3.40. The predicted molar refractivity (Wildman–Crippen MR) is 204 cm³/mol. The van der Waals surface area contributed by atoms with E-state index in [0.717, 1.165) is 5.56 Å². The van der Waals surface area contributed by atoms with Crippen molar-refractivity contribution >= 4 is 50.4 Å². The fourth-order valence-electron chi connectivity index (χ4n) is 5.98. The van der Waals surface area contributed by atoms with Crippen LogP contribution >= 0.6 is 0 Å². The van der Waals surface area contributed by atoms with Gasteiger partial charge in [-0.1, -0.05) is 12.1 Å². The Morgan fingerprint density at radius 1 is 0.755 bits per heavy atom. The van der Waals surface area contributed by atoms with Crippen LogP contribution in [0, 0.1) is 0 Å². The van der Waals surface area contributed by atoms with Crippen molar-refractivity contribution < 1.29 is 27.4 Å². The van der Waals surface area contributed by atoms with Gasteiger partial charge in [0, 0.05) is 108 Å². The van der Waals surface area contributed by atoms with Crippen LogP contribution in [0.5, 0.6) is 0 Å². The lowest BCUT2D eigenvalue weighted by Crippen LogP contribution is -2.47. The standard InChI is InChI=1S/C34H52N12O6S/c1-41(24-26-9-8-10-27(23-26)53(7,47)48)30-28-29(37-33(38-30)45(15-19-49-3)16-20-50-4)31(39-34(36-28)46(17-21-51-5)18-22-52-6)43-11-13-44(14-12-43)32-35-25-42(2)40-32/h8-10,23,25H,11-22,24H2,1-7H3. The van der Waals surface area contributed by atoms with E-state index in [1.807, 2.05) is 34.9 Å². The van der Waals surface area contributed by atoms with Gasteiger partial charge < -0.3 is 43.4 Å². The summed E-state index contributed by atoms with van der Waals surface area (Å²) in [6, 6.07) is 6.95. The maximum absolute atomic E-state index is 12.4. The number of ether oxygens (including phenoxy) is 4. The van der Waals surface area contributed by atoms with Crippen LogP contribution in [-0.2, 0) is 42.4 Å². The molecular formula is C34H52N12O6S. The van der Waals surface area contributed by atoms with Gasteiger partial charge in [-0.2, -0.15) is 9.97 Å². The van der Waals surface area contributed by atoms with Crippen molar-refractivity contribution in [3.05, 3.63) is 36.2 Å². The number of piperazine rings is 1. The molecule has 18 nitrogen and oxygen atoms in total. The van der Waals surface area contributed by atoms with Crippen molar-refractivity contribution in [2.45, 2.75) is 11.4 Å². The number of rotatable bonds is 20. The number of hydrogen-bond donors (Lipinski definition) is 0. The number of benzene rings is 1. The quantitative estimate of drug-likeness (QED) is 0.126. The minimum absolute atomic E-state index is 0.251. The zero-order chi connectivity index (χ0) is 38.0. The Kier molecular flexibility index (Phi) is 13.9. The van der Waals surface area contributed by atoms with E-state index in [2.05, 4.69) is 19.9 Å². The van der Waals surface area contributed by atoms with E-state index < -0.39 is 9.84 Å². The van der Waals surface area contributed by atoms with Crippen LogP contribution < -0.4 is 24.5 Å². The van der Waals surface area contributed by atoms with Crippen molar-refractivity contribution in [3.8, 4) is 0 Å². The topological polar surface area (TPSA) is 170 Å². The van der Waals surface area contributed by atoms with E-state index in [0.29, 0.717) is 126 Å². The van der Waals surface area contributed by atoms with Crippen molar-refractivity contribution in [1.82, 2.24) is 34.7 Å². The monoisotopic (exact) mass is 756 g/mol. The molecule has 0 bridgehead atoms. The lowest BCUT2D eigenvalue weighted by molar-refractivity contribution is 0.189. The van der Waals surface area contributed by atoms with Gasteiger partial charge in [0.1, 0.15) is 17.4 Å². The molecular weight excluding hydrogens is 705 g/mol. The van der Waals surface area contributed by atoms with Gasteiger partial charge in [-0.25, -0.2) is 23.4 Å². The Balaban J connectivity index is 1.68. The van der Waals surface area contributed by atoms with Crippen LogP contribution in [0.4, 0.5) is 29.5 Å². The smallest absolute Gasteiger partial charge is 0.244 e. The van der Waals surface area contributed by atoms with E-state index in [4.69, 9.17) is 38.9 Å². The van der Waals surface area contributed by atoms with Gasteiger partial charge in [0.25, 0.3) is 0 Å². The summed E-state index contributed by atoms with van der Waals surface area (Å²) >= 11 is 0. The van der Waals surface area contributed by atoms with Gasteiger partial charge in [-0.15, -0.1) is 5.10 Å². The molecule has 0 spiro atoms. The van der Waals surface area contributed by atoms with Crippen LogP contribution in [0.25, 0.3) is 11.0 Å². The van der Waals surface area contributed by atoms with Gasteiger partial charge >= 0.3 is 0 Å². The van der Waals surface area contributed by atoms with Crippen LogP contribution in [-0.4, -0.2) is 164 Å². The summed E-state index contributed by atoms with van der Waals surface area (Å²) in [7, 11) is 7.02. The number of aryl methyl sites for hydroxylation is 1. The Labute approximate surface area is 311 Å². The van der Waals surface area contributed by atoms with Crippen molar-refractivity contribution in [1.29, 1.82) is 0 Å². The predicted octanol–water partition coefficient (Wildman–Crippen LogP) is 1.11. The molecule has 53 heavy (non-hydrogen) atoms. The lowest BCUT2D eigenvalue weighted by Gasteiger charge is -2.36. The molecule has 1 saturated heterocycles. The fraction of sp³-hybridized carbons (Fsp3) is 0.588. The van der Waals surface area contributed by atoms with Crippen LogP contribution in [0.2, 0.25) is 0 Å². The highest BCUT2D eigenvalue weighted by Crippen LogP contribution is 2.34. The molecule has 1 aromatic carbocycles. The summed E-state index contributed by atoms with van der Waals surface area (Å²) in [4.78, 5) is 35.8. The molecule has 3 aromatic heterocycles. The number of fused-ring (bicyclic) bond motifs is 1. The van der Waals surface area contributed by atoms with E-state index in [1.165, 1.54) is 6.26 Å². The molecule has 0 N–H and O–H groups in total. The summed E-state index contributed by atoms with van der Waals surface area (Å²) in [6.07, 6.45) is 2.91. The first-order valence-corrected chi connectivity index (χ1v) is 19.4. The van der Waals surface area contributed by atoms with E-state index >= 15 is 0 Å². The number of hydrogen-bond acceptors (Lipinski definition) is 17. The molecule has 0 radical (unpaired) electrons. The highest BCUT2D eigenvalue weighted by molar-refractivity contribution is 7.90. The molecule has 1 aliphatic heterocycles. The first-order chi connectivity index (χ1) is 25.6. The summed E-state index contributed by atoms with van der Waals surface area (Å²) < 4.78 is 48.4. The van der Waals surface area contributed by atoms with E-state index in [-0.39, 0.29) is 4.90 Å². The number of methoxy groups -OCH3 is 4. The van der Waals surface area contributed by atoms with Gasteiger partial charge in [0.15, 0.2) is 21.5 Å². The first kappa shape index (κ1) is 39.8. The number of nitrogens with zero attached hydrogens (tertiary/aromatic N) is 12. The molecule has 0 unspecified atom stereocenters. The molecule has 0 amide bonds. The average Bonchev–Trinajstić information content (AvgIpc) is 3.60. The number of anilines is 5. The zero-order valence-corrected chi connectivity index (χ0v) is 32.6. The van der Waals surface area contributed by atoms with Crippen LogP contribution in [0.3, 0.4) is 0 Å². The molecule has 0 atom stereocenters. The molecule has 290 valence electrons. The second kappa shape index (κ2) is 18.6. The zero-order valence-electron chi connectivity index (χ0n) is 31.8. The van der Waals surface area contributed by atoms with E-state index in [1.54, 1.807) is 57.6 Å². The second-order valence-electron chi connectivity index (χ2n) is 12.8. The van der Waals surface area contributed by atoms with Gasteiger partial charge in [0.05, 0.1) is 31.3 Å². The molecule has 4 aromatic rings. The van der Waals surface area contributed by atoms with Crippen molar-refractivity contribution in [3.63, 3.8) is 0 Å². The second-order valence-corrected chi connectivity index (χ2v) is 14.8. The van der Waals surface area contributed by atoms with Crippen LogP contribution in [0.15, 0.2) is 35.5 Å². The Hall–Kier alpha value is -4.43. The maximum Gasteiger partial charge on any atom is 0.244 e. The molecule has 19 heteroatoms. The van der Waals surface area contributed by atoms with E-state index in [9.17, 15) is 8.42 Å². The highest BCUT2D eigenvalue weighted by Gasteiger charge is 2.28. The van der Waals surface area contributed by atoms with Gasteiger partial charge in [-0.3, -0.25) is 4.68 Å². The third-order valence-corrected chi connectivity index (χ3v) is 9.98. The number of sulfone groups is 1. The molecule has 5 rings (SSSR count). The largest absolute Gasteiger partial charge is 0.383 e. The summed E-state index contributed by atoms with van der Waals surface area (Å²) in [5.74, 6) is 2.90. The summed E-state index contributed by atoms with van der Waals surface area (Å²) in [6.45, 7) is 6.94. The maximum atomic E-state index is 12.4. The molecule has 0 saturated carbocycles. The average molecular weight is 757 g/mol. The Morgan fingerprint density at radius 3 is 1.83 bits per heavy atom. The summed E-state index contributed by atoms with van der Waals surface area (Å²) in [5.41, 5.74) is 1.95. The molecule has 1 fully saturated rings. The Bertz CT molecular complexity index is 1870. The van der Waals surface area contributed by atoms with Crippen molar-refractivity contribution in [2.24, 2.45) is 7.05 Å². The molecule has 0 aliphatic carbocycles. The third-order valence-electron chi connectivity index (χ3n) is 8.87. The van der Waals surface area contributed by atoms with Crippen LogP contribution in [0.1, 0.15) is 5.56 Å². The van der Waals surface area contributed by atoms with Gasteiger partial charge in [-0.05, 0) is 17.7 Å².